The molecule has 0 spiro atoms. The van der Waals surface area contributed by atoms with E-state index in [1.807, 2.05) is 6.92 Å². The van der Waals surface area contributed by atoms with Crippen LogP contribution in [0.25, 0.3) is 0 Å². The SMILES string of the molecule is COc1nc(N)nc(NCC(C)CCO)n1. The third-order valence-corrected chi connectivity index (χ3v) is 2.05. The number of aliphatic hydroxyl groups excluding tert-OH is 1. The van der Waals surface area contributed by atoms with Crippen molar-refractivity contribution >= 4 is 11.9 Å². The van der Waals surface area contributed by atoms with Crippen molar-refractivity contribution in [3.8, 4) is 6.01 Å². The Morgan fingerprint density at radius 3 is 2.81 bits per heavy atom. The first-order valence-corrected chi connectivity index (χ1v) is 5.06. The fraction of sp³-hybridized carbons (Fsp3) is 0.667. The van der Waals surface area contributed by atoms with E-state index in [-0.39, 0.29) is 18.6 Å². The van der Waals surface area contributed by atoms with Gasteiger partial charge in [-0.25, -0.2) is 0 Å². The minimum absolute atomic E-state index is 0.115. The highest BCUT2D eigenvalue weighted by Crippen LogP contribution is 2.09. The number of aromatic nitrogens is 3. The van der Waals surface area contributed by atoms with Gasteiger partial charge in [0.2, 0.25) is 11.9 Å². The highest BCUT2D eigenvalue weighted by atomic mass is 16.5. The Kier molecular flexibility index (Phi) is 4.71. The molecule has 0 aliphatic heterocycles. The molecule has 1 heterocycles. The van der Waals surface area contributed by atoms with E-state index in [2.05, 4.69) is 20.3 Å². The van der Waals surface area contributed by atoms with Crippen molar-refractivity contribution in [2.75, 3.05) is 31.3 Å². The summed E-state index contributed by atoms with van der Waals surface area (Å²) in [4.78, 5) is 11.7. The first kappa shape index (κ1) is 12.4. The summed E-state index contributed by atoms with van der Waals surface area (Å²) >= 11 is 0. The third kappa shape index (κ3) is 3.85. The molecule has 7 nitrogen and oxygen atoms in total. The van der Waals surface area contributed by atoms with Crippen molar-refractivity contribution in [3.63, 3.8) is 0 Å². The van der Waals surface area contributed by atoms with Gasteiger partial charge in [0.15, 0.2) is 0 Å². The van der Waals surface area contributed by atoms with Crippen LogP contribution in [-0.2, 0) is 0 Å². The zero-order chi connectivity index (χ0) is 12.0. The van der Waals surface area contributed by atoms with E-state index in [1.54, 1.807) is 0 Å². The van der Waals surface area contributed by atoms with Crippen molar-refractivity contribution in [3.05, 3.63) is 0 Å². The fourth-order valence-electron chi connectivity index (χ4n) is 1.13. The van der Waals surface area contributed by atoms with Crippen LogP contribution in [0.4, 0.5) is 11.9 Å². The molecular weight excluding hydrogens is 210 g/mol. The Morgan fingerprint density at radius 2 is 2.19 bits per heavy atom. The Hall–Kier alpha value is -1.63. The lowest BCUT2D eigenvalue weighted by atomic mass is 10.1. The van der Waals surface area contributed by atoms with Crippen LogP contribution in [0.1, 0.15) is 13.3 Å². The second kappa shape index (κ2) is 6.06. The van der Waals surface area contributed by atoms with Crippen LogP contribution in [-0.4, -0.2) is 40.3 Å². The van der Waals surface area contributed by atoms with E-state index in [1.165, 1.54) is 7.11 Å². The molecule has 90 valence electrons. The van der Waals surface area contributed by atoms with E-state index in [9.17, 15) is 0 Å². The highest BCUT2D eigenvalue weighted by molar-refractivity contribution is 5.32. The predicted molar refractivity (Wildman–Crippen MR) is 60.1 cm³/mol. The molecule has 0 saturated carbocycles. The summed E-state index contributed by atoms with van der Waals surface area (Å²) < 4.78 is 4.87. The quantitative estimate of drug-likeness (QED) is 0.622. The number of hydrogen-bond donors (Lipinski definition) is 3. The average Bonchev–Trinajstić information content (AvgIpc) is 2.26. The van der Waals surface area contributed by atoms with E-state index in [0.29, 0.717) is 18.4 Å². The van der Waals surface area contributed by atoms with E-state index >= 15 is 0 Å². The van der Waals surface area contributed by atoms with Crippen molar-refractivity contribution in [1.29, 1.82) is 0 Å². The number of hydrogen-bond acceptors (Lipinski definition) is 7. The van der Waals surface area contributed by atoms with Crippen LogP contribution < -0.4 is 15.8 Å². The molecule has 1 aromatic heterocycles. The van der Waals surface area contributed by atoms with Gasteiger partial charge >= 0.3 is 6.01 Å². The topological polar surface area (TPSA) is 106 Å². The van der Waals surface area contributed by atoms with Crippen LogP contribution in [0.15, 0.2) is 0 Å². The van der Waals surface area contributed by atoms with Crippen molar-refractivity contribution in [1.82, 2.24) is 15.0 Å². The van der Waals surface area contributed by atoms with Gasteiger partial charge < -0.3 is 20.9 Å². The van der Waals surface area contributed by atoms with Gasteiger partial charge in [0.25, 0.3) is 0 Å². The summed E-state index contributed by atoms with van der Waals surface area (Å²) in [5, 5.41) is 11.8. The predicted octanol–water partition coefficient (Wildman–Crippen LogP) is -0.107. The number of nitrogen functional groups attached to an aromatic ring is 1. The second-order valence-corrected chi connectivity index (χ2v) is 3.50. The van der Waals surface area contributed by atoms with Gasteiger partial charge in [-0.1, -0.05) is 6.92 Å². The van der Waals surface area contributed by atoms with Crippen LogP contribution in [0.5, 0.6) is 6.01 Å². The number of nitrogens with one attached hydrogen (secondary N) is 1. The number of methoxy groups -OCH3 is 1. The maximum absolute atomic E-state index is 8.75. The van der Waals surface area contributed by atoms with Crippen LogP contribution in [0.2, 0.25) is 0 Å². The third-order valence-electron chi connectivity index (χ3n) is 2.05. The summed E-state index contributed by atoms with van der Waals surface area (Å²) in [6, 6.07) is 0.185. The molecule has 0 aromatic carbocycles. The standard InChI is InChI=1S/C9H17N5O2/c1-6(3-4-15)5-11-8-12-7(10)13-9(14-8)16-2/h6,15H,3-5H2,1-2H3,(H3,10,11,12,13,14). The summed E-state index contributed by atoms with van der Waals surface area (Å²) in [7, 11) is 1.47. The van der Waals surface area contributed by atoms with E-state index < -0.39 is 0 Å². The van der Waals surface area contributed by atoms with Crippen molar-refractivity contribution in [2.45, 2.75) is 13.3 Å². The normalized spacial score (nSPS) is 12.2. The van der Waals surface area contributed by atoms with Gasteiger partial charge in [-0.2, -0.15) is 15.0 Å². The Morgan fingerprint density at radius 1 is 1.44 bits per heavy atom. The van der Waals surface area contributed by atoms with Crippen LogP contribution in [0.3, 0.4) is 0 Å². The number of aliphatic hydroxyl groups is 1. The lowest BCUT2D eigenvalue weighted by Gasteiger charge is -2.11. The van der Waals surface area contributed by atoms with E-state index in [4.69, 9.17) is 15.6 Å². The fourth-order valence-corrected chi connectivity index (χ4v) is 1.13. The molecule has 1 rings (SSSR count). The average molecular weight is 227 g/mol. The lowest BCUT2D eigenvalue weighted by Crippen LogP contribution is -2.15. The molecule has 1 atom stereocenters. The Labute approximate surface area is 94.1 Å². The molecule has 1 aromatic rings. The molecule has 0 fully saturated rings. The summed E-state index contributed by atoms with van der Waals surface area (Å²) in [6.45, 7) is 2.85. The molecule has 0 aliphatic rings. The van der Waals surface area contributed by atoms with Gasteiger partial charge in [0.1, 0.15) is 0 Å². The first-order valence-electron chi connectivity index (χ1n) is 5.06. The summed E-state index contributed by atoms with van der Waals surface area (Å²) in [5.41, 5.74) is 5.48. The monoisotopic (exact) mass is 227 g/mol. The Bertz CT molecular complexity index is 334. The van der Waals surface area contributed by atoms with Gasteiger partial charge in [-0.05, 0) is 12.3 Å². The molecule has 0 bridgehead atoms. The number of rotatable bonds is 6. The van der Waals surface area contributed by atoms with Gasteiger partial charge in [0, 0.05) is 13.2 Å². The maximum Gasteiger partial charge on any atom is 0.322 e. The largest absolute Gasteiger partial charge is 0.467 e. The minimum atomic E-state index is 0.115. The summed E-state index contributed by atoms with van der Waals surface area (Å²) in [6.07, 6.45) is 0.727. The van der Waals surface area contributed by atoms with E-state index in [0.717, 1.165) is 6.42 Å². The molecular formula is C9H17N5O2. The van der Waals surface area contributed by atoms with Gasteiger partial charge in [-0.15, -0.1) is 0 Å². The smallest absolute Gasteiger partial charge is 0.322 e. The van der Waals surface area contributed by atoms with Crippen LogP contribution >= 0.6 is 0 Å². The van der Waals surface area contributed by atoms with Crippen molar-refractivity contribution in [2.24, 2.45) is 5.92 Å². The molecule has 4 N–H and O–H groups in total. The zero-order valence-electron chi connectivity index (χ0n) is 9.47. The maximum atomic E-state index is 8.75. The number of nitrogens with two attached hydrogens (primary N) is 1. The Balaban J connectivity index is 2.56. The molecule has 16 heavy (non-hydrogen) atoms. The van der Waals surface area contributed by atoms with Gasteiger partial charge in [-0.3, -0.25) is 0 Å². The molecule has 1 unspecified atom stereocenters. The zero-order valence-corrected chi connectivity index (χ0v) is 9.47. The first-order chi connectivity index (χ1) is 7.65. The molecule has 7 heteroatoms. The summed E-state index contributed by atoms with van der Waals surface area (Å²) in [5.74, 6) is 0.826. The molecule has 0 aliphatic carbocycles. The lowest BCUT2D eigenvalue weighted by molar-refractivity contribution is 0.265. The second-order valence-electron chi connectivity index (χ2n) is 3.50. The number of ether oxygens (including phenoxy) is 1. The van der Waals surface area contributed by atoms with Gasteiger partial charge in [0.05, 0.1) is 7.11 Å². The highest BCUT2D eigenvalue weighted by Gasteiger charge is 2.06. The minimum Gasteiger partial charge on any atom is -0.467 e. The number of nitrogens with zero attached hydrogens (tertiary/aromatic N) is 3. The number of anilines is 2. The van der Waals surface area contributed by atoms with Crippen molar-refractivity contribution < 1.29 is 9.84 Å². The molecule has 0 saturated heterocycles. The van der Waals surface area contributed by atoms with Crippen LogP contribution in [0, 0.1) is 5.92 Å². The molecule has 0 amide bonds. The molecule has 0 radical (unpaired) electrons.